The highest BCUT2D eigenvalue weighted by Gasteiger charge is 2.28. The molecule has 0 aliphatic rings. The summed E-state index contributed by atoms with van der Waals surface area (Å²) in [7, 11) is 0. The first kappa shape index (κ1) is 24.9. The third-order valence-electron chi connectivity index (χ3n) is 5.47. The number of carbonyl (C=O) groups is 1. The predicted molar refractivity (Wildman–Crippen MR) is 122 cm³/mol. The standard InChI is InChI=1S/C26H32N2O2.BrH/c1-8-13-27-17-28(22-12-10-9-11-21(22)27)16-23(29)18-14-19(25(2,3)4)24(30)20(15-18)26(5,6)7;/h8-12,14-15,17H,1,13,16H2,2-7H3;1H. The third-order valence-corrected chi connectivity index (χ3v) is 5.47. The molecule has 0 bridgehead atoms. The number of phenols is 1. The Hall–Kier alpha value is -2.40. The van der Waals surface area contributed by atoms with Crippen LogP contribution in [-0.2, 0) is 23.9 Å². The fraction of sp³-hybridized carbons (Fsp3) is 0.385. The molecule has 0 radical (unpaired) electrons. The molecule has 0 amide bonds. The number of fused-ring (bicyclic) bond motifs is 1. The Bertz CT molecular complexity index is 1080. The lowest BCUT2D eigenvalue weighted by atomic mass is 9.78. The first-order valence-electron chi connectivity index (χ1n) is 10.4. The van der Waals surface area contributed by atoms with Gasteiger partial charge in [0, 0.05) is 16.7 Å². The molecule has 0 saturated heterocycles. The molecule has 3 rings (SSSR count). The molecule has 166 valence electrons. The van der Waals surface area contributed by atoms with E-state index in [4.69, 9.17) is 0 Å². The first-order valence-corrected chi connectivity index (χ1v) is 10.4. The molecule has 1 heterocycles. The highest BCUT2D eigenvalue weighted by atomic mass is 79.9. The zero-order valence-electron chi connectivity index (χ0n) is 19.4. The van der Waals surface area contributed by atoms with Crippen LogP contribution in [0.25, 0.3) is 11.0 Å². The second kappa shape index (κ2) is 8.99. The molecular weight excluding hydrogens is 452 g/mol. The summed E-state index contributed by atoms with van der Waals surface area (Å²) in [5.74, 6) is 0.319. The van der Waals surface area contributed by atoms with Gasteiger partial charge < -0.3 is 22.1 Å². The third kappa shape index (κ3) is 5.09. The molecule has 4 nitrogen and oxygen atoms in total. The maximum absolute atomic E-state index is 13.4. The van der Waals surface area contributed by atoms with Crippen molar-refractivity contribution in [3.63, 3.8) is 0 Å². The normalized spacial score (nSPS) is 11.9. The summed E-state index contributed by atoms with van der Waals surface area (Å²) < 4.78 is 4.08. The van der Waals surface area contributed by atoms with Crippen LogP contribution >= 0.6 is 0 Å². The largest absolute Gasteiger partial charge is 1.00 e. The fourth-order valence-corrected chi connectivity index (χ4v) is 3.84. The Kier molecular flexibility index (Phi) is 7.21. The first-order chi connectivity index (χ1) is 13.9. The minimum absolute atomic E-state index is 0. The van der Waals surface area contributed by atoms with E-state index in [-0.39, 0.29) is 40.1 Å². The van der Waals surface area contributed by atoms with Gasteiger partial charge in [-0.15, -0.1) is 0 Å². The SMILES string of the molecule is C=CCn1c[n+](CC(=O)c2cc(C(C)(C)C)c(O)c(C(C)(C)C)c2)c2ccccc21.[Br-]. The number of para-hydroxylation sites is 2. The van der Waals surface area contributed by atoms with Gasteiger partial charge in [-0.05, 0) is 35.1 Å². The van der Waals surface area contributed by atoms with Crippen LogP contribution in [-0.4, -0.2) is 15.5 Å². The number of benzene rings is 2. The number of carbonyl (C=O) groups excluding carboxylic acids is 1. The molecule has 2 aromatic carbocycles. The number of rotatable bonds is 5. The van der Waals surface area contributed by atoms with Gasteiger partial charge in [-0.1, -0.05) is 66.3 Å². The van der Waals surface area contributed by atoms with Crippen molar-refractivity contribution in [2.45, 2.75) is 65.5 Å². The smallest absolute Gasteiger partial charge is 0.245 e. The van der Waals surface area contributed by atoms with Crippen molar-refractivity contribution in [1.29, 1.82) is 0 Å². The molecule has 0 saturated carbocycles. The maximum atomic E-state index is 13.4. The van der Waals surface area contributed by atoms with Gasteiger partial charge in [-0.3, -0.25) is 4.79 Å². The molecule has 5 heteroatoms. The van der Waals surface area contributed by atoms with Crippen molar-refractivity contribution in [2.75, 3.05) is 0 Å². The number of hydrogen-bond donors (Lipinski definition) is 1. The highest BCUT2D eigenvalue weighted by molar-refractivity contribution is 5.96. The summed E-state index contributed by atoms with van der Waals surface area (Å²) in [6.07, 6.45) is 3.82. The van der Waals surface area contributed by atoms with E-state index in [1.165, 1.54) is 0 Å². The average molecular weight is 485 g/mol. The number of Topliss-reactive ketones (excluding diaryl/α,β-unsaturated/α-hetero) is 1. The summed E-state index contributed by atoms with van der Waals surface area (Å²) in [4.78, 5) is 13.4. The van der Waals surface area contributed by atoms with Crippen LogP contribution in [0.4, 0.5) is 0 Å². The van der Waals surface area contributed by atoms with E-state index >= 15 is 0 Å². The summed E-state index contributed by atoms with van der Waals surface area (Å²) >= 11 is 0. The highest BCUT2D eigenvalue weighted by Crippen LogP contribution is 2.39. The van der Waals surface area contributed by atoms with E-state index < -0.39 is 0 Å². The van der Waals surface area contributed by atoms with Crippen LogP contribution in [0.15, 0.2) is 55.4 Å². The lowest BCUT2D eigenvalue weighted by molar-refractivity contribution is -0.657. The molecule has 0 unspecified atom stereocenters. The van der Waals surface area contributed by atoms with E-state index in [0.717, 1.165) is 22.2 Å². The number of aromatic nitrogens is 2. The van der Waals surface area contributed by atoms with E-state index in [1.54, 1.807) is 0 Å². The Labute approximate surface area is 196 Å². The Morgan fingerprint density at radius 2 is 1.61 bits per heavy atom. The molecular formula is C26H33BrN2O2. The number of ketones is 1. The minimum atomic E-state index is -0.270. The molecule has 0 aliphatic carbocycles. The van der Waals surface area contributed by atoms with Crippen molar-refractivity contribution in [2.24, 2.45) is 0 Å². The molecule has 0 spiro atoms. The van der Waals surface area contributed by atoms with Crippen LogP contribution in [0, 0.1) is 0 Å². The predicted octanol–water partition coefficient (Wildman–Crippen LogP) is 2.30. The van der Waals surface area contributed by atoms with Crippen LogP contribution in [0.1, 0.15) is 63.0 Å². The number of aromatic hydroxyl groups is 1. The number of phenolic OH excluding ortho intramolecular Hbond substituents is 1. The Morgan fingerprint density at radius 3 is 2.13 bits per heavy atom. The zero-order chi connectivity index (χ0) is 22.3. The number of hydrogen-bond acceptors (Lipinski definition) is 2. The van der Waals surface area contributed by atoms with Crippen molar-refractivity contribution in [1.82, 2.24) is 4.57 Å². The molecule has 0 aliphatic heterocycles. The van der Waals surface area contributed by atoms with Gasteiger partial charge in [0.1, 0.15) is 12.3 Å². The maximum Gasteiger partial charge on any atom is 0.245 e. The Balaban J connectivity index is 0.00000341. The molecule has 1 aromatic heterocycles. The second-order valence-electron chi connectivity index (χ2n) is 10.0. The van der Waals surface area contributed by atoms with E-state index in [2.05, 4.69) is 58.8 Å². The van der Waals surface area contributed by atoms with Gasteiger partial charge in [0.15, 0.2) is 17.6 Å². The Morgan fingerprint density at radius 1 is 1.06 bits per heavy atom. The van der Waals surface area contributed by atoms with E-state index in [0.29, 0.717) is 17.9 Å². The van der Waals surface area contributed by atoms with Crippen molar-refractivity contribution in [3.05, 3.63) is 72.1 Å². The number of imidazole rings is 1. The topological polar surface area (TPSA) is 46.1 Å². The van der Waals surface area contributed by atoms with E-state index in [9.17, 15) is 9.90 Å². The van der Waals surface area contributed by atoms with Gasteiger partial charge in [-0.25, -0.2) is 9.13 Å². The molecule has 1 N–H and O–H groups in total. The summed E-state index contributed by atoms with van der Waals surface area (Å²) in [5.41, 5.74) is 3.78. The lowest BCUT2D eigenvalue weighted by Crippen LogP contribution is -3.00. The van der Waals surface area contributed by atoms with Crippen LogP contribution in [0.2, 0.25) is 0 Å². The summed E-state index contributed by atoms with van der Waals surface area (Å²) in [6.45, 7) is 17.1. The quantitative estimate of drug-likeness (QED) is 0.343. The van der Waals surface area contributed by atoms with E-state index in [1.807, 2.05) is 47.3 Å². The van der Waals surface area contributed by atoms with Crippen LogP contribution < -0.4 is 21.5 Å². The monoisotopic (exact) mass is 484 g/mol. The van der Waals surface area contributed by atoms with Crippen molar-refractivity contribution < 1.29 is 31.4 Å². The van der Waals surface area contributed by atoms with Gasteiger partial charge in [0.2, 0.25) is 12.1 Å². The van der Waals surface area contributed by atoms with Gasteiger partial charge in [0.25, 0.3) is 0 Å². The van der Waals surface area contributed by atoms with Crippen molar-refractivity contribution >= 4 is 16.8 Å². The van der Waals surface area contributed by atoms with Gasteiger partial charge >= 0.3 is 0 Å². The molecule has 0 fully saturated rings. The molecule has 31 heavy (non-hydrogen) atoms. The van der Waals surface area contributed by atoms with Gasteiger partial charge in [0.05, 0.1) is 0 Å². The number of allylic oxidation sites excluding steroid dienone is 1. The summed E-state index contributed by atoms with van der Waals surface area (Å²) in [5, 5.41) is 10.9. The van der Waals surface area contributed by atoms with Crippen molar-refractivity contribution in [3.8, 4) is 5.75 Å². The number of halogens is 1. The summed E-state index contributed by atoms with van der Waals surface area (Å²) in [6, 6.07) is 11.8. The average Bonchev–Trinajstić information content (AvgIpc) is 2.98. The fourth-order valence-electron chi connectivity index (χ4n) is 3.84. The lowest BCUT2D eigenvalue weighted by Gasteiger charge is -2.28. The second-order valence-corrected chi connectivity index (χ2v) is 10.0. The number of nitrogens with zero attached hydrogens (tertiary/aromatic N) is 2. The molecule has 3 aromatic rings. The zero-order valence-corrected chi connectivity index (χ0v) is 21.0. The molecule has 0 atom stereocenters. The van der Waals surface area contributed by atoms with Crippen LogP contribution in [0.5, 0.6) is 5.75 Å². The van der Waals surface area contributed by atoms with Gasteiger partial charge in [-0.2, -0.15) is 0 Å². The van der Waals surface area contributed by atoms with Crippen LogP contribution in [0.3, 0.4) is 0 Å². The minimum Gasteiger partial charge on any atom is -1.00 e.